The molecule has 180 valence electrons. The molecule has 3 aromatic rings. The largest absolute Gasteiger partial charge is 0.441 e. The number of nitrogens with zero attached hydrogens (tertiary/aromatic N) is 3. The number of hydrogen-bond donors (Lipinski definition) is 2. The van der Waals surface area contributed by atoms with E-state index in [1.165, 1.54) is 0 Å². The number of amides is 2. The van der Waals surface area contributed by atoms with Gasteiger partial charge in [-0.15, -0.1) is 0 Å². The van der Waals surface area contributed by atoms with Gasteiger partial charge >= 0.3 is 0 Å². The number of piperidine rings is 1. The number of aryl methyl sites for hydroxylation is 1. The van der Waals surface area contributed by atoms with E-state index in [0.29, 0.717) is 28.8 Å². The van der Waals surface area contributed by atoms with Crippen molar-refractivity contribution in [3.8, 4) is 11.5 Å². The van der Waals surface area contributed by atoms with Crippen LogP contribution in [0.2, 0.25) is 0 Å². The smallest absolute Gasteiger partial charge is 0.273 e. The lowest BCUT2D eigenvalue weighted by atomic mass is 9.97. The van der Waals surface area contributed by atoms with Crippen LogP contribution in [0.4, 0.5) is 5.69 Å². The highest BCUT2D eigenvalue weighted by Crippen LogP contribution is 2.25. The van der Waals surface area contributed by atoms with E-state index >= 15 is 0 Å². The molecule has 4 rings (SSSR count). The highest BCUT2D eigenvalue weighted by Gasteiger charge is 2.24. The Morgan fingerprint density at radius 3 is 2.82 bits per heavy atom. The Labute approximate surface area is 198 Å². The van der Waals surface area contributed by atoms with Gasteiger partial charge in [0.1, 0.15) is 17.2 Å². The first-order valence-electron chi connectivity index (χ1n) is 11.6. The third-order valence-corrected chi connectivity index (χ3v) is 6.01. The molecule has 0 saturated carbocycles. The molecule has 0 spiro atoms. The number of carbonyl (C=O) groups excluding carboxylic acids is 2. The van der Waals surface area contributed by atoms with Crippen LogP contribution in [0.25, 0.3) is 11.5 Å². The Kier molecular flexibility index (Phi) is 7.12. The van der Waals surface area contributed by atoms with E-state index < -0.39 is 0 Å². The Balaban J connectivity index is 1.40. The summed E-state index contributed by atoms with van der Waals surface area (Å²) in [7, 11) is 2.04. The van der Waals surface area contributed by atoms with E-state index in [1.54, 1.807) is 13.0 Å². The summed E-state index contributed by atoms with van der Waals surface area (Å²) < 4.78 is 11.0. The summed E-state index contributed by atoms with van der Waals surface area (Å²) in [5.74, 6) is 1.54. The molecule has 1 fully saturated rings. The van der Waals surface area contributed by atoms with Gasteiger partial charge in [-0.1, -0.05) is 25.1 Å². The van der Waals surface area contributed by atoms with E-state index in [9.17, 15) is 9.59 Å². The maximum Gasteiger partial charge on any atom is 0.273 e. The average molecular weight is 466 g/mol. The third kappa shape index (κ3) is 5.53. The summed E-state index contributed by atoms with van der Waals surface area (Å²) in [5.41, 5.74) is 2.30. The maximum absolute atomic E-state index is 12.7. The molecule has 2 amide bonds. The fourth-order valence-corrected chi connectivity index (χ4v) is 3.99. The van der Waals surface area contributed by atoms with Crippen molar-refractivity contribution in [2.75, 3.05) is 25.5 Å². The molecule has 34 heavy (non-hydrogen) atoms. The van der Waals surface area contributed by atoms with Crippen molar-refractivity contribution in [3.63, 3.8) is 0 Å². The summed E-state index contributed by atoms with van der Waals surface area (Å²) in [6.07, 6.45) is 1.93. The molecule has 0 bridgehead atoms. The lowest BCUT2D eigenvalue weighted by Crippen LogP contribution is -2.38. The van der Waals surface area contributed by atoms with E-state index in [-0.39, 0.29) is 35.9 Å². The number of aromatic nitrogens is 2. The summed E-state index contributed by atoms with van der Waals surface area (Å²) in [5, 5.41) is 9.66. The van der Waals surface area contributed by atoms with E-state index in [4.69, 9.17) is 8.94 Å². The Morgan fingerprint density at radius 1 is 1.26 bits per heavy atom. The number of rotatable bonds is 7. The van der Waals surface area contributed by atoms with Crippen molar-refractivity contribution in [1.82, 2.24) is 20.4 Å². The molecule has 1 atom stereocenters. The summed E-state index contributed by atoms with van der Waals surface area (Å²) in [6, 6.07) is 9.08. The van der Waals surface area contributed by atoms with E-state index in [0.717, 1.165) is 31.5 Å². The summed E-state index contributed by atoms with van der Waals surface area (Å²) in [4.78, 5) is 31.8. The normalized spacial score (nSPS) is 16.6. The topological polar surface area (TPSA) is 114 Å². The summed E-state index contributed by atoms with van der Waals surface area (Å²) >= 11 is 0. The van der Waals surface area contributed by atoms with Crippen molar-refractivity contribution in [3.05, 3.63) is 53.2 Å². The lowest BCUT2D eigenvalue weighted by Gasteiger charge is -2.28. The lowest BCUT2D eigenvalue weighted by molar-refractivity contribution is -0.121. The van der Waals surface area contributed by atoms with Gasteiger partial charge in [-0.05, 0) is 51.6 Å². The second-order valence-corrected chi connectivity index (χ2v) is 9.15. The van der Waals surface area contributed by atoms with Crippen LogP contribution in [-0.4, -0.2) is 47.0 Å². The minimum absolute atomic E-state index is 0.0112. The van der Waals surface area contributed by atoms with Crippen LogP contribution in [0, 0.1) is 12.8 Å². The van der Waals surface area contributed by atoms with Crippen molar-refractivity contribution >= 4 is 17.5 Å². The fourth-order valence-electron chi connectivity index (χ4n) is 3.99. The van der Waals surface area contributed by atoms with Gasteiger partial charge in [-0.3, -0.25) is 9.59 Å². The predicted molar refractivity (Wildman–Crippen MR) is 127 cm³/mol. The quantitative estimate of drug-likeness (QED) is 0.543. The van der Waals surface area contributed by atoms with Gasteiger partial charge in [-0.2, -0.15) is 0 Å². The van der Waals surface area contributed by atoms with Gasteiger partial charge in [0.05, 0.1) is 12.5 Å². The van der Waals surface area contributed by atoms with Crippen molar-refractivity contribution in [1.29, 1.82) is 0 Å². The molecule has 2 N–H and O–H groups in total. The van der Waals surface area contributed by atoms with Gasteiger partial charge < -0.3 is 24.5 Å². The zero-order valence-electron chi connectivity index (χ0n) is 20.1. The Morgan fingerprint density at radius 2 is 2.09 bits per heavy atom. The van der Waals surface area contributed by atoms with Crippen LogP contribution in [0.5, 0.6) is 0 Å². The van der Waals surface area contributed by atoms with Crippen molar-refractivity contribution in [2.24, 2.45) is 5.92 Å². The summed E-state index contributed by atoms with van der Waals surface area (Å²) in [6.45, 7) is 7.74. The first-order valence-corrected chi connectivity index (χ1v) is 11.6. The molecule has 1 saturated heterocycles. The minimum Gasteiger partial charge on any atom is -0.441 e. The molecule has 2 aromatic heterocycles. The number of likely N-dealkylation sites (tertiary alicyclic amines) is 1. The monoisotopic (exact) mass is 465 g/mol. The van der Waals surface area contributed by atoms with Crippen molar-refractivity contribution < 1.29 is 18.5 Å². The number of anilines is 1. The fraction of sp³-hybridized carbons (Fsp3) is 0.440. The number of hydrogen-bond acceptors (Lipinski definition) is 7. The van der Waals surface area contributed by atoms with Crippen LogP contribution in [0.1, 0.15) is 60.3 Å². The maximum atomic E-state index is 12.7. The molecule has 1 aromatic carbocycles. The number of nitrogens with one attached hydrogen (secondary N) is 2. The van der Waals surface area contributed by atoms with Crippen LogP contribution >= 0.6 is 0 Å². The number of carbonyl (C=O) groups is 2. The predicted octanol–water partition coefficient (Wildman–Crippen LogP) is 3.97. The molecule has 0 radical (unpaired) electrons. The second kappa shape index (κ2) is 10.2. The highest BCUT2D eigenvalue weighted by atomic mass is 16.5. The SMILES string of the molecule is Cc1oc(-c2cccc(NC(=O)[C@@H]3CCCN(C)C3)c2)nc1CNC(=O)c1cc(C(C)C)on1. The van der Waals surface area contributed by atoms with Gasteiger partial charge in [-0.25, -0.2) is 4.98 Å². The van der Waals surface area contributed by atoms with E-state index in [1.807, 2.05) is 45.2 Å². The highest BCUT2D eigenvalue weighted by molar-refractivity contribution is 5.93. The second-order valence-electron chi connectivity index (χ2n) is 9.15. The Bertz CT molecular complexity index is 1170. The van der Waals surface area contributed by atoms with Crippen LogP contribution < -0.4 is 10.6 Å². The molecule has 0 aliphatic carbocycles. The van der Waals surface area contributed by atoms with Crippen LogP contribution in [0.15, 0.2) is 39.3 Å². The standard InChI is InChI=1S/C25H31N5O4/c1-15(2)22-12-20(29-34-22)24(32)26-13-21-16(3)33-25(28-21)17-7-5-9-19(11-17)27-23(31)18-8-6-10-30(4)14-18/h5,7,9,11-12,15,18H,6,8,10,13-14H2,1-4H3,(H,26,32)(H,27,31)/t18-/m1/s1. The average Bonchev–Trinajstić information content (AvgIpc) is 3.45. The molecule has 1 aliphatic rings. The molecular weight excluding hydrogens is 434 g/mol. The molecular formula is C25H31N5O4. The zero-order chi connectivity index (χ0) is 24.2. The van der Waals surface area contributed by atoms with Crippen LogP contribution in [0.3, 0.4) is 0 Å². The number of benzene rings is 1. The minimum atomic E-state index is -0.335. The van der Waals surface area contributed by atoms with Gasteiger partial charge in [0, 0.05) is 29.8 Å². The first kappa shape index (κ1) is 23.7. The molecule has 9 heteroatoms. The van der Waals surface area contributed by atoms with Gasteiger partial charge in [0.15, 0.2) is 5.69 Å². The Hall–Kier alpha value is -3.46. The first-order chi connectivity index (χ1) is 16.3. The van der Waals surface area contributed by atoms with Crippen LogP contribution in [-0.2, 0) is 11.3 Å². The molecule has 3 heterocycles. The van der Waals surface area contributed by atoms with Gasteiger partial charge in [0.25, 0.3) is 5.91 Å². The zero-order valence-corrected chi connectivity index (χ0v) is 20.1. The molecule has 9 nitrogen and oxygen atoms in total. The van der Waals surface area contributed by atoms with Gasteiger partial charge in [0.2, 0.25) is 11.8 Å². The molecule has 0 unspecified atom stereocenters. The molecule has 1 aliphatic heterocycles. The van der Waals surface area contributed by atoms with E-state index in [2.05, 4.69) is 25.7 Å². The van der Waals surface area contributed by atoms with Crippen molar-refractivity contribution in [2.45, 2.75) is 46.1 Å². The third-order valence-electron chi connectivity index (χ3n) is 6.01. The number of oxazole rings is 1.